The molecule has 2 heterocycles. The second kappa shape index (κ2) is 6.98. The van der Waals surface area contributed by atoms with E-state index in [9.17, 15) is 9.18 Å². The zero-order chi connectivity index (χ0) is 16.2. The normalized spacial score (nSPS) is 10.7. The third-order valence-corrected chi connectivity index (χ3v) is 4.66. The summed E-state index contributed by atoms with van der Waals surface area (Å²) in [4.78, 5) is 13.0. The molecule has 2 aromatic heterocycles. The molecule has 3 rings (SSSR count). The molecule has 0 fully saturated rings. The fourth-order valence-corrected chi connectivity index (χ4v) is 3.23. The molecule has 0 unspecified atom stereocenters. The maximum absolute atomic E-state index is 13.7. The van der Waals surface area contributed by atoms with Crippen LogP contribution in [0.2, 0.25) is 5.02 Å². The van der Waals surface area contributed by atoms with Crippen LogP contribution in [0.1, 0.15) is 10.4 Å². The average molecular weight is 350 g/mol. The van der Waals surface area contributed by atoms with E-state index >= 15 is 0 Å². The lowest BCUT2D eigenvalue weighted by atomic mass is 10.1. The van der Waals surface area contributed by atoms with Crippen LogP contribution in [0.3, 0.4) is 0 Å². The molecule has 0 aliphatic rings. The molecular weight excluding hydrogens is 337 g/mol. The number of furan rings is 1. The van der Waals surface area contributed by atoms with Gasteiger partial charge >= 0.3 is 0 Å². The summed E-state index contributed by atoms with van der Waals surface area (Å²) in [6.07, 6.45) is 3.21. The summed E-state index contributed by atoms with van der Waals surface area (Å²) in [5, 5.41) is 5.05. The maximum Gasteiger partial charge on any atom is 0.224 e. The monoisotopic (exact) mass is 349 g/mol. The van der Waals surface area contributed by atoms with E-state index in [1.54, 1.807) is 29.9 Å². The van der Waals surface area contributed by atoms with E-state index in [1.165, 1.54) is 12.1 Å². The standard InChI is InChI=1S/C17H13ClFNO2S/c18-15-2-1-3-16(19)14(15)7-17(21)20-8-13-6-12(10-23-13)11-4-5-22-9-11/h1-6,9-10H,7-8H2,(H,20,21). The van der Waals surface area contributed by atoms with Crippen molar-refractivity contribution in [1.82, 2.24) is 5.32 Å². The Bertz CT molecular complexity index is 794. The molecule has 0 saturated heterocycles. The van der Waals surface area contributed by atoms with Gasteiger partial charge in [-0.1, -0.05) is 17.7 Å². The molecule has 3 nitrogen and oxygen atoms in total. The van der Waals surface area contributed by atoms with E-state index < -0.39 is 5.82 Å². The number of carbonyl (C=O) groups is 1. The molecule has 0 aliphatic heterocycles. The summed E-state index contributed by atoms with van der Waals surface area (Å²) in [5.74, 6) is -0.735. The molecule has 0 atom stereocenters. The molecule has 118 valence electrons. The first-order chi connectivity index (χ1) is 11.1. The van der Waals surface area contributed by atoms with Crippen molar-refractivity contribution in [3.63, 3.8) is 0 Å². The summed E-state index contributed by atoms with van der Waals surface area (Å²) in [6, 6.07) is 8.26. The van der Waals surface area contributed by atoms with Gasteiger partial charge in [0.2, 0.25) is 5.91 Å². The van der Waals surface area contributed by atoms with Crippen molar-refractivity contribution in [2.24, 2.45) is 0 Å². The molecule has 23 heavy (non-hydrogen) atoms. The molecule has 1 aromatic carbocycles. The highest BCUT2D eigenvalue weighted by Gasteiger charge is 2.12. The summed E-state index contributed by atoms with van der Waals surface area (Å²) in [7, 11) is 0. The van der Waals surface area contributed by atoms with Crippen molar-refractivity contribution in [2.45, 2.75) is 13.0 Å². The van der Waals surface area contributed by atoms with Crippen molar-refractivity contribution in [2.75, 3.05) is 0 Å². The Labute approximate surface area is 141 Å². The van der Waals surface area contributed by atoms with Gasteiger partial charge in [0.25, 0.3) is 0 Å². The number of hydrogen-bond acceptors (Lipinski definition) is 3. The quantitative estimate of drug-likeness (QED) is 0.728. The van der Waals surface area contributed by atoms with Crippen LogP contribution in [0.4, 0.5) is 4.39 Å². The Morgan fingerprint density at radius 3 is 2.91 bits per heavy atom. The number of hydrogen-bond donors (Lipinski definition) is 1. The lowest BCUT2D eigenvalue weighted by molar-refractivity contribution is -0.120. The van der Waals surface area contributed by atoms with Crippen LogP contribution >= 0.6 is 22.9 Å². The molecule has 0 bridgehead atoms. The van der Waals surface area contributed by atoms with Gasteiger partial charge < -0.3 is 9.73 Å². The van der Waals surface area contributed by atoms with E-state index in [1.807, 2.05) is 17.5 Å². The minimum Gasteiger partial charge on any atom is -0.472 e. The SMILES string of the molecule is O=C(Cc1c(F)cccc1Cl)NCc1cc(-c2ccoc2)cs1. The van der Waals surface area contributed by atoms with E-state index in [2.05, 4.69) is 5.32 Å². The van der Waals surface area contributed by atoms with Crippen LogP contribution in [-0.4, -0.2) is 5.91 Å². The first-order valence-electron chi connectivity index (χ1n) is 6.93. The Morgan fingerprint density at radius 1 is 1.30 bits per heavy atom. The minimum atomic E-state index is -0.467. The van der Waals surface area contributed by atoms with Gasteiger partial charge in [-0.25, -0.2) is 4.39 Å². The molecule has 6 heteroatoms. The Balaban J connectivity index is 1.59. The molecule has 1 N–H and O–H groups in total. The largest absolute Gasteiger partial charge is 0.472 e. The number of thiophene rings is 1. The lowest BCUT2D eigenvalue weighted by Gasteiger charge is -2.06. The Hall–Kier alpha value is -2.11. The number of carbonyl (C=O) groups excluding carboxylic acids is 1. The smallest absolute Gasteiger partial charge is 0.224 e. The minimum absolute atomic E-state index is 0.0779. The topological polar surface area (TPSA) is 42.2 Å². The van der Waals surface area contributed by atoms with E-state index in [0.29, 0.717) is 6.54 Å². The van der Waals surface area contributed by atoms with Gasteiger partial charge in [0.05, 0.1) is 25.5 Å². The number of amides is 1. The predicted octanol–water partition coefficient (Wildman–Crippen LogP) is 4.66. The van der Waals surface area contributed by atoms with Crippen LogP contribution in [-0.2, 0) is 17.8 Å². The molecule has 0 aliphatic carbocycles. The van der Waals surface area contributed by atoms with Crippen LogP contribution in [0, 0.1) is 5.82 Å². The van der Waals surface area contributed by atoms with Crippen molar-refractivity contribution in [3.8, 4) is 11.1 Å². The van der Waals surface area contributed by atoms with Crippen LogP contribution in [0.5, 0.6) is 0 Å². The lowest BCUT2D eigenvalue weighted by Crippen LogP contribution is -2.24. The Kier molecular flexibility index (Phi) is 4.79. The molecule has 0 radical (unpaired) electrons. The fraction of sp³-hybridized carbons (Fsp3) is 0.118. The highest BCUT2D eigenvalue weighted by atomic mass is 35.5. The second-order valence-corrected chi connectivity index (χ2v) is 6.37. The number of nitrogens with one attached hydrogen (secondary N) is 1. The third-order valence-electron chi connectivity index (χ3n) is 3.37. The summed E-state index contributed by atoms with van der Waals surface area (Å²) >= 11 is 7.47. The van der Waals surface area contributed by atoms with Crippen LogP contribution in [0.15, 0.2) is 52.7 Å². The van der Waals surface area contributed by atoms with E-state index in [0.717, 1.165) is 16.0 Å². The number of benzene rings is 1. The zero-order valence-electron chi connectivity index (χ0n) is 12.0. The van der Waals surface area contributed by atoms with Gasteiger partial charge in [-0.3, -0.25) is 4.79 Å². The maximum atomic E-state index is 13.7. The molecule has 3 aromatic rings. The van der Waals surface area contributed by atoms with E-state index in [4.69, 9.17) is 16.0 Å². The molecular formula is C17H13ClFNO2S. The first kappa shape index (κ1) is 15.8. The summed E-state index contributed by atoms with van der Waals surface area (Å²) in [6.45, 7) is 0.396. The van der Waals surface area contributed by atoms with Gasteiger partial charge in [-0.05, 0) is 35.2 Å². The number of rotatable bonds is 5. The molecule has 0 spiro atoms. The van der Waals surface area contributed by atoms with Crippen molar-refractivity contribution >= 4 is 28.8 Å². The Morgan fingerprint density at radius 2 is 2.17 bits per heavy atom. The highest BCUT2D eigenvalue weighted by Crippen LogP contribution is 2.26. The van der Waals surface area contributed by atoms with Gasteiger partial charge in [0, 0.05) is 21.0 Å². The molecule has 0 saturated carbocycles. The first-order valence-corrected chi connectivity index (χ1v) is 8.19. The van der Waals surface area contributed by atoms with Crippen molar-refractivity contribution < 1.29 is 13.6 Å². The zero-order valence-corrected chi connectivity index (χ0v) is 13.6. The van der Waals surface area contributed by atoms with Crippen molar-refractivity contribution in [3.05, 3.63) is 69.5 Å². The molecule has 1 amide bonds. The summed E-state index contributed by atoms with van der Waals surface area (Å²) < 4.78 is 18.7. The predicted molar refractivity (Wildman–Crippen MR) is 89.0 cm³/mol. The third kappa shape index (κ3) is 3.81. The van der Waals surface area contributed by atoms with Gasteiger partial charge in [0.15, 0.2) is 0 Å². The van der Waals surface area contributed by atoms with Gasteiger partial charge in [-0.2, -0.15) is 0 Å². The van der Waals surface area contributed by atoms with Crippen LogP contribution in [0.25, 0.3) is 11.1 Å². The number of halogens is 2. The van der Waals surface area contributed by atoms with Gasteiger partial charge in [-0.15, -0.1) is 11.3 Å². The second-order valence-electron chi connectivity index (χ2n) is 4.97. The van der Waals surface area contributed by atoms with Crippen molar-refractivity contribution in [1.29, 1.82) is 0 Å². The van der Waals surface area contributed by atoms with E-state index in [-0.39, 0.29) is 22.9 Å². The van der Waals surface area contributed by atoms with Gasteiger partial charge in [0.1, 0.15) is 5.82 Å². The highest BCUT2D eigenvalue weighted by molar-refractivity contribution is 7.10. The fourth-order valence-electron chi connectivity index (χ4n) is 2.16. The average Bonchev–Trinajstić information content (AvgIpc) is 3.19. The van der Waals surface area contributed by atoms with Crippen LogP contribution < -0.4 is 5.32 Å². The summed E-state index contributed by atoms with van der Waals surface area (Å²) in [5.41, 5.74) is 2.26.